The monoisotopic (exact) mass is 487 g/mol. The lowest BCUT2D eigenvalue weighted by Gasteiger charge is -2.38. The third-order valence-corrected chi connectivity index (χ3v) is 6.62. The quantitative estimate of drug-likeness (QED) is 0.573. The van der Waals surface area contributed by atoms with Crippen LogP contribution in [0.2, 0.25) is 0 Å². The number of benzene rings is 1. The number of rotatable bonds is 6. The lowest BCUT2D eigenvalue weighted by atomic mass is 9.98. The molecule has 0 unspecified atom stereocenters. The molecule has 182 valence electrons. The van der Waals surface area contributed by atoms with Crippen molar-refractivity contribution >= 4 is 24.0 Å². The summed E-state index contributed by atoms with van der Waals surface area (Å²) in [6.07, 6.45) is 9.34. The lowest BCUT2D eigenvalue weighted by Crippen LogP contribution is -2.47. The van der Waals surface area contributed by atoms with Crippen LogP contribution in [0.1, 0.15) is 18.4 Å². The second-order valence-electron chi connectivity index (χ2n) is 8.85. The Morgan fingerprint density at radius 2 is 1.62 bits per heavy atom. The van der Waals surface area contributed by atoms with Gasteiger partial charge in [0.1, 0.15) is 5.82 Å². The average Bonchev–Trinajstić information content (AvgIpc) is 3.33. The molecule has 0 bridgehead atoms. The number of nitrogens with zero attached hydrogens (tertiary/aromatic N) is 7. The topological polar surface area (TPSA) is 73.6 Å². The van der Waals surface area contributed by atoms with E-state index in [4.69, 9.17) is 0 Å². The molecule has 0 radical (unpaired) electrons. The minimum absolute atomic E-state index is 0. The second kappa shape index (κ2) is 11.1. The SMILES string of the molecule is Cl.OCC1CCN(c2nccnc2N2CCN(Cc3cnn(-c4cccc(F)c4)c3)CC2)CC1. The Balaban J connectivity index is 0.00000274. The molecule has 0 saturated carbocycles. The molecule has 3 aromatic rings. The van der Waals surface area contributed by atoms with Crippen LogP contribution in [-0.2, 0) is 6.54 Å². The van der Waals surface area contributed by atoms with Gasteiger partial charge in [0.2, 0.25) is 0 Å². The smallest absolute Gasteiger partial charge is 0.172 e. The lowest BCUT2D eigenvalue weighted by molar-refractivity contribution is 0.202. The summed E-state index contributed by atoms with van der Waals surface area (Å²) in [5.74, 6) is 2.05. The van der Waals surface area contributed by atoms with Crippen LogP contribution in [0.5, 0.6) is 0 Å². The third-order valence-electron chi connectivity index (χ3n) is 6.62. The number of piperidine rings is 1. The molecule has 2 saturated heterocycles. The maximum atomic E-state index is 13.5. The summed E-state index contributed by atoms with van der Waals surface area (Å²) in [5, 5.41) is 13.8. The van der Waals surface area contributed by atoms with Crippen molar-refractivity contribution in [3.8, 4) is 5.69 Å². The number of anilines is 2. The summed E-state index contributed by atoms with van der Waals surface area (Å²) in [5.41, 5.74) is 1.84. The summed E-state index contributed by atoms with van der Waals surface area (Å²) < 4.78 is 15.2. The Labute approximate surface area is 205 Å². The van der Waals surface area contributed by atoms with Crippen molar-refractivity contribution in [2.45, 2.75) is 19.4 Å². The first-order chi connectivity index (χ1) is 16.2. The molecule has 1 aromatic carbocycles. The molecule has 5 rings (SSSR count). The third kappa shape index (κ3) is 5.48. The molecule has 10 heteroatoms. The first kappa shape index (κ1) is 24.4. The molecule has 4 heterocycles. The molecule has 0 aliphatic carbocycles. The molecule has 34 heavy (non-hydrogen) atoms. The van der Waals surface area contributed by atoms with Crippen molar-refractivity contribution in [2.75, 3.05) is 55.7 Å². The van der Waals surface area contributed by atoms with E-state index in [1.54, 1.807) is 23.1 Å². The zero-order valence-corrected chi connectivity index (χ0v) is 19.9. The standard InChI is InChI=1S/C24H30FN7O.ClH/c25-21-2-1-3-22(14-21)32-17-20(15-28-32)16-29-10-12-31(13-11-29)24-23(26-6-7-27-24)30-8-4-19(18-33)5-9-30;/h1-3,6-7,14-15,17,19,33H,4-5,8-13,16,18H2;1H. The van der Waals surface area contributed by atoms with E-state index in [1.807, 2.05) is 18.5 Å². The molecule has 0 amide bonds. The maximum Gasteiger partial charge on any atom is 0.172 e. The van der Waals surface area contributed by atoms with Crippen LogP contribution in [0.4, 0.5) is 16.0 Å². The van der Waals surface area contributed by atoms with E-state index in [0.29, 0.717) is 5.92 Å². The van der Waals surface area contributed by atoms with Gasteiger partial charge in [0, 0.05) is 76.6 Å². The van der Waals surface area contributed by atoms with Crippen molar-refractivity contribution in [3.05, 3.63) is 60.4 Å². The highest BCUT2D eigenvalue weighted by Crippen LogP contribution is 2.29. The predicted octanol–water partition coefficient (Wildman–Crippen LogP) is 2.75. The number of aliphatic hydroxyl groups excluding tert-OH is 1. The van der Waals surface area contributed by atoms with Crippen molar-refractivity contribution < 1.29 is 9.50 Å². The Bertz CT molecular complexity index is 1060. The largest absolute Gasteiger partial charge is 0.396 e. The zero-order valence-electron chi connectivity index (χ0n) is 19.1. The van der Waals surface area contributed by atoms with Gasteiger partial charge in [-0.25, -0.2) is 19.0 Å². The number of hydrogen-bond donors (Lipinski definition) is 1. The number of aromatic nitrogens is 4. The summed E-state index contributed by atoms with van der Waals surface area (Å²) >= 11 is 0. The van der Waals surface area contributed by atoms with Gasteiger partial charge in [-0.05, 0) is 37.0 Å². The van der Waals surface area contributed by atoms with Crippen LogP contribution in [-0.4, -0.2) is 75.6 Å². The van der Waals surface area contributed by atoms with Gasteiger partial charge in [0.15, 0.2) is 11.6 Å². The van der Waals surface area contributed by atoms with Gasteiger partial charge in [-0.15, -0.1) is 12.4 Å². The molecule has 2 aromatic heterocycles. The van der Waals surface area contributed by atoms with Gasteiger partial charge in [0.25, 0.3) is 0 Å². The first-order valence-electron chi connectivity index (χ1n) is 11.6. The van der Waals surface area contributed by atoms with Gasteiger partial charge < -0.3 is 14.9 Å². The van der Waals surface area contributed by atoms with Crippen LogP contribution in [0.25, 0.3) is 5.69 Å². The van der Waals surface area contributed by atoms with Crippen LogP contribution in [0, 0.1) is 11.7 Å². The highest BCUT2D eigenvalue weighted by Gasteiger charge is 2.26. The number of hydrogen-bond acceptors (Lipinski definition) is 7. The fraction of sp³-hybridized carbons (Fsp3) is 0.458. The van der Waals surface area contributed by atoms with E-state index >= 15 is 0 Å². The summed E-state index contributed by atoms with van der Waals surface area (Å²) in [7, 11) is 0. The van der Waals surface area contributed by atoms with Crippen LogP contribution in [0.3, 0.4) is 0 Å². The van der Waals surface area contributed by atoms with E-state index in [9.17, 15) is 9.50 Å². The van der Waals surface area contributed by atoms with E-state index in [2.05, 4.69) is 29.8 Å². The van der Waals surface area contributed by atoms with Crippen molar-refractivity contribution in [3.63, 3.8) is 0 Å². The van der Waals surface area contributed by atoms with Gasteiger partial charge >= 0.3 is 0 Å². The molecular weight excluding hydrogens is 457 g/mol. The van der Waals surface area contributed by atoms with Gasteiger partial charge in [-0.3, -0.25) is 4.90 Å². The fourth-order valence-electron chi connectivity index (χ4n) is 4.67. The number of piperazine rings is 1. The van der Waals surface area contributed by atoms with Crippen molar-refractivity contribution in [2.24, 2.45) is 5.92 Å². The number of halogens is 2. The minimum atomic E-state index is -0.262. The highest BCUT2D eigenvalue weighted by atomic mass is 35.5. The van der Waals surface area contributed by atoms with Gasteiger partial charge in [0.05, 0.1) is 11.9 Å². The average molecular weight is 488 g/mol. The zero-order chi connectivity index (χ0) is 22.6. The van der Waals surface area contributed by atoms with E-state index in [0.717, 1.165) is 81.5 Å². The van der Waals surface area contributed by atoms with Crippen molar-refractivity contribution in [1.82, 2.24) is 24.6 Å². The molecule has 0 atom stereocenters. The van der Waals surface area contributed by atoms with E-state index in [1.165, 1.54) is 12.1 Å². The first-order valence-corrected chi connectivity index (χ1v) is 11.6. The van der Waals surface area contributed by atoms with Crippen LogP contribution in [0.15, 0.2) is 49.1 Å². The minimum Gasteiger partial charge on any atom is -0.396 e. The molecule has 1 N–H and O–H groups in total. The van der Waals surface area contributed by atoms with Gasteiger partial charge in [-0.2, -0.15) is 5.10 Å². The Kier molecular flexibility index (Phi) is 7.97. The Hall–Kier alpha value is -2.75. The summed E-state index contributed by atoms with van der Waals surface area (Å²) in [6.45, 7) is 6.52. The van der Waals surface area contributed by atoms with E-state index < -0.39 is 0 Å². The fourth-order valence-corrected chi connectivity index (χ4v) is 4.67. The normalized spacial score (nSPS) is 17.6. The van der Waals surface area contributed by atoms with Gasteiger partial charge in [-0.1, -0.05) is 6.07 Å². The second-order valence-corrected chi connectivity index (χ2v) is 8.85. The molecule has 2 aliphatic heterocycles. The highest BCUT2D eigenvalue weighted by molar-refractivity contribution is 5.85. The molecule has 2 aliphatic rings. The number of aliphatic hydroxyl groups is 1. The maximum absolute atomic E-state index is 13.5. The van der Waals surface area contributed by atoms with E-state index in [-0.39, 0.29) is 24.8 Å². The van der Waals surface area contributed by atoms with Crippen LogP contribution >= 0.6 is 12.4 Å². The Morgan fingerprint density at radius 1 is 0.941 bits per heavy atom. The van der Waals surface area contributed by atoms with Crippen molar-refractivity contribution in [1.29, 1.82) is 0 Å². The molecular formula is C24H31ClFN7O. The Morgan fingerprint density at radius 3 is 2.26 bits per heavy atom. The van der Waals surface area contributed by atoms with Crippen LogP contribution < -0.4 is 9.80 Å². The molecule has 8 nitrogen and oxygen atoms in total. The summed E-state index contributed by atoms with van der Waals surface area (Å²) in [6, 6.07) is 6.47. The molecule has 2 fully saturated rings. The predicted molar refractivity (Wildman–Crippen MR) is 132 cm³/mol. The summed E-state index contributed by atoms with van der Waals surface area (Å²) in [4.78, 5) is 16.4. The molecule has 0 spiro atoms.